The summed E-state index contributed by atoms with van der Waals surface area (Å²) in [5, 5.41) is 3.61. The first-order chi connectivity index (χ1) is 19.2. The maximum atomic E-state index is 12.4. The van der Waals surface area contributed by atoms with Crippen LogP contribution < -0.4 is 15.0 Å². The summed E-state index contributed by atoms with van der Waals surface area (Å²) >= 11 is 0. The summed E-state index contributed by atoms with van der Waals surface area (Å²) in [6.45, 7) is 16.5. The van der Waals surface area contributed by atoms with Crippen LogP contribution in [0.15, 0.2) is 18.3 Å². The van der Waals surface area contributed by atoms with Crippen molar-refractivity contribution in [1.82, 2.24) is 19.8 Å². The van der Waals surface area contributed by atoms with Gasteiger partial charge >= 0.3 is 6.09 Å². The Bertz CT molecular complexity index is 1240. The summed E-state index contributed by atoms with van der Waals surface area (Å²) in [5.74, 6) is 2.02. The van der Waals surface area contributed by atoms with Gasteiger partial charge in [-0.05, 0) is 59.6 Å². The van der Waals surface area contributed by atoms with Crippen LogP contribution in [-0.4, -0.2) is 90.0 Å². The highest BCUT2D eigenvalue weighted by Gasteiger charge is 2.38. The number of rotatable bonds is 3. The second-order valence-corrected chi connectivity index (χ2v) is 12.4. The third kappa shape index (κ3) is 5.43. The molecule has 0 aromatic carbocycles. The first kappa shape index (κ1) is 27.1. The van der Waals surface area contributed by atoms with E-state index in [1.165, 1.54) is 0 Å². The van der Waals surface area contributed by atoms with Gasteiger partial charge in [-0.15, -0.1) is 0 Å². The maximum absolute atomic E-state index is 12.4. The third-order valence-electron chi connectivity index (χ3n) is 8.40. The van der Waals surface area contributed by atoms with E-state index in [0.717, 1.165) is 105 Å². The molecule has 2 aromatic rings. The Morgan fingerprint density at radius 1 is 1.12 bits per heavy atom. The molecule has 0 bridgehead atoms. The average molecular weight is 551 g/mol. The SMILES string of the molecule is Cc1nc(C2CN(C3CCN(C(=O)OC(C)(C)C)CC3)C2)cc2c1O[C@H](C)c1c(N3CCOCC3)ccnc1N2. The van der Waals surface area contributed by atoms with Gasteiger partial charge in [0.25, 0.3) is 0 Å². The molecule has 4 aliphatic rings. The Morgan fingerprint density at radius 2 is 1.85 bits per heavy atom. The summed E-state index contributed by atoms with van der Waals surface area (Å²) in [6, 6.07) is 4.73. The molecule has 0 aliphatic carbocycles. The van der Waals surface area contributed by atoms with Gasteiger partial charge in [0, 0.05) is 68.8 Å². The van der Waals surface area contributed by atoms with Crippen LogP contribution in [-0.2, 0) is 9.47 Å². The van der Waals surface area contributed by atoms with E-state index >= 15 is 0 Å². The van der Waals surface area contributed by atoms with E-state index in [1.54, 1.807) is 0 Å². The van der Waals surface area contributed by atoms with Crippen molar-refractivity contribution in [3.05, 3.63) is 35.3 Å². The van der Waals surface area contributed by atoms with Crippen LogP contribution in [0.5, 0.6) is 5.75 Å². The number of morpholine rings is 1. The quantitative estimate of drug-likeness (QED) is 0.588. The number of amides is 1. The van der Waals surface area contributed by atoms with Gasteiger partial charge in [-0.2, -0.15) is 0 Å². The molecule has 1 N–H and O–H groups in total. The van der Waals surface area contributed by atoms with E-state index in [9.17, 15) is 4.79 Å². The number of hydrogen-bond acceptors (Lipinski definition) is 9. The molecule has 216 valence electrons. The molecule has 6 rings (SSSR count). The number of pyridine rings is 2. The predicted octanol–water partition coefficient (Wildman–Crippen LogP) is 4.62. The average Bonchev–Trinajstić information content (AvgIpc) is 3.04. The summed E-state index contributed by atoms with van der Waals surface area (Å²) in [5.41, 5.74) is 4.70. The fraction of sp³-hybridized carbons (Fsp3) is 0.633. The highest BCUT2D eigenvalue weighted by molar-refractivity contribution is 5.74. The van der Waals surface area contributed by atoms with E-state index in [-0.39, 0.29) is 12.2 Å². The highest BCUT2D eigenvalue weighted by Crippen LogP contribution is 2.44. The normalized spacial score (nSPS) is 22.4. The van der Waals surface area contributed by atoms with Crippen molar-refractivity contribution in [2.75, 3.05) is 62.7 Å². The molecule has 3 fully saturated rings. The van der Waals surface area contributed by atoms with Crippen molar-refractivity contribution in [2.45, 2.75) is 71.1 Å². The molecular weight excluding hydrogens is 508 g/mol. The topological polar surface area (TPSA) is 92.3 Å². The van der Waals surface area contributed by atoms with Crippen LogP contribution in [0, 0.1) is 6.92 Å². The largest absolute Gasteiger partial charge is 0.482 e. The number of nitrogens with one attached hydrogen (secondary N) is 1. The van der Waals surface area contributed by atoms with E-state index < -0.39 is 5.60 Å². The van der Waals surface area contributed by atoms with Crippen LogP contribution in [0.2, 0.25) is 0 Å². The number of likely N-dealkylation sites (tertiary alicyclic amines) is 2. The number of anilines is 3. The van der Waals surface area contributed by atoms with Crippen LogP contribution >= 0.6 is 0 Å². The lowest BCUT2D eigenvalue weighted by atomic mass is 9.90. The number of fused-ring (bicyclic) bond motifs is 2. The smallest absolute Gasteiger partial charge is 0.410 e. The van der Waals surface area contributed by atoms with Gasteiger partial charge in [0.2, 0.25) is 0 Å². The van der Waals surface area contributed by atoms with Crippen molar-refractivity contribution >= 4 is 23.3 Å². The van der Waals surface area contributed by atoms with Crippen molar-refractivity contribution in [3.63, 3.8) is 0 Å². The lowest BCUT2D eigenvalue weighted by Gasteiger charge is -2.47. The predicted molar refractivity (Wildman–Crippen MR) is 154 cm³/mol. The number of aromatic nitrogens is 2. The number of piperidine rings is 1. The minimum Gasteiger partial charge on any atom is -0.482 e. The number of ether oxygens (including phenoxy) is 3. The molecule has 6 heterocycles. The van der Waals surface area contributed by atoms with Crippen LogP contribution in [0.25, 0.3) is 0 Å². The van der Waals surface area contributed by atoms with Crippen LogP contribution in [0.3, 0.4) is 0 Å². The fourth-order valence-electron chi connectivity index (χ4n) is 6.28. The molecule has 0 unspecified atom stereocenters. The summed E-state index contributed by atoms with van der Waals surface area (Å²) in [4.78, 5) is 28.9. The number of nitrogens with zero attached hydrogens (tertiary/aromatic N) is 5. The molecule has 2 aromatic heterocycles. The van der Waals surface area contributed by atoms with Crippen LogP contribution in [0.4, 0.5) is 22.0 Å². The molecule has 1 atom stereocenters. The van der Waals surface area contributed by atoms with Gasteiger partial charge < -0.3 is 29.3 Å². The van der Waals surface area contributed by atoms with E-state index in [4.69, 9.17) is 24.2 Å². The van der Waals surface area contributed by atoms with Crippen molar-refractivity contribution in [2.24, 2.45) is 0 Å². The van der Waals surface area contributed by atoms with Gasteiger partial charge in [-0.25, -0.2) is 9.78 Å². The zero-order chi connectivity index (χ0) is 28.0. The monoisotopic (exact) mass is 550 g/mol. The van der Waals surface area contributed by atoms with Gasteiger partial charge in [0.05, 0.1) is 30.2 Å². The zero-order valence-electron chi connectivity index (χ0n) is 24.4. The van der Waals surface area contributed by atoms with E-state index in [1.807, 2.05) is 38.8 Å². The Labute approximate surface area is 237 Å². The summed E-state index contributed by atoms with van der Waals surface area (Å²) < 4.78 is 17.7. The molecule has 0 radical (unpaired) electrons. The first-order valence-electron chi connectivity index (χ1n) is 14.6. The van der Waals surface area contributed by atoms with Crippen molar-refractivity contribution in [3.8, 4) is 5.75 Å². The molecule has 1 amide bonds. The molecule has 3 saturated heterocycles. The van der Waals surface area contributed by atoms with Gasteiger partial charge in [0.15, 0.2) is 5.75 Å². The molecule has 0 saturated carbocycles. The summed E-state index contributed by atoms with van der Waals surface area (Å²) in [6.07, 6.45) is 3.47. The lowest BCUT2D eigenvalue weighted by Crippen LogP contribution is -2.55. The van der Waals surface area contributed by atoms with Gasteiger partial charge in [-0.3, -0.25) is 9.88 Å². The molecule has 40 heavy (non-hydrogen) atoms. The zero-order valence-corrected chi connectivity index (χ0v) is 24.4. The Morgan fingerprint density at radius 3 is 2.55 bits per heavy atom. The third-order valence-corrected chi connectivity index (χ3v) is 8.40. The fourth-order valence-corrected chi connectivity index (χ4v) is 6.28. The molecule has 0 spiro atoms. The minimum atomic E-state index is -0.460. The standard InChI is InChI=1S/C30H42N6O4/c1-19-27-24(33-28-26(20(2)39-27)25(6-9-31-28)34-12-14-38-15-13-34)16-23(32-19)21-17-36(18-21)22-7-10-35(11-8-22)29(37)40-30(3,4)5/h6,9,16,20-22H,7-8,10-15,17-18H2,1-5H3,(H,31,33)/t20-/m1/s1. The molecule has 4 aliphatic heterocycles. The number of carbonyl (C=O) groups is 1. The molecule has 10 nitrogen and oxygen atoms in total. The molecule has 10 heteroatoms. The second-order valence-electron chi connectivity index (χ2n) is 12.4. The summed E-state index contributed by atoms with van der Waals surface area (Å²) in [7, 11) is 0. The van der Waals surface area contributed by atoms with Gasteiger partial charge in [0.1, 0.15) is 17.5 Å². The maximum Gasteiger partial charge on any atom is 0.410 e. The van der Waals surface area contributed by atoms with E-state index in [2.05, 4.69) is 34.2 Å². The van der Waals surface area contributed by atoms with Crippen LogP contribution in [0.1, 0.15) is 69.5 Å². The number of aryl methyl sites for hydroxylation is 1. The van der Waals surface area contributed by atoms with E-state index in [0.29, 0.717) is 12.0 Å². The number of hydrogen-bond donors (Lipinski definition) is 1. The van der Waals surface area contributed by atoms with Crippen molar-refractivity contribution in [1.29, 1.82) is 0 Å². The minimum absolute atomic E-state index is 0.160. The second kappa shape index (κ2) is 10.7. The van der Waals surface area contributed by atoms with Crippen molar-refractivity contribution < 1.29 is 19.0 Å². The Hall–Kier alpha value is -3.11. The highest BCUT2D eigenvalue weighted by atomic mass is 16.6. The van der Waals surface area contributed by atoms with Gasteiger partial charge in [-0.1, -0.05) is 0 Å². The Balaban J connectivity index is 1.12. The molecular formula is C30H42N6O4. The first-order valence-corrected chi connectivity index (χ1v) is 14.6. The lowest BCUT2D eigenvalue weighted by molar-refractivity contribution is 0.00566. The number of carbonyl (C=O) groups excluding carboxylic acids is 1. The Kier molecular flexibility index (Phi) is 7.25.